The Bertz CT molecular complexity index is 1160. The number of hydrogen-bond acceptors (Lipinski definition) is 3. The molecule has 0 aliphatic carbocycles. The third kappa shape index (κ3) is 2.44. The second-order valence-corrected chi connectivity index (χ2v) is 7.98. The molecule has 2 aliphatic rings. The van der Waals surface area contributed by atoms with E-state index >= 15 is 0 Å². The van der Waals surface area contributed by atoms with E-state index in [1.807, 2.05) is 12.1 Å². The second kappa shape index (κ2) is 6.33. The predicted molar refractivity (Wildman–Crippen MR) is 108 cm³/mol. The van der Waals surface area contributed by atoms with E-state index in [2.05, 4.69) is 34.7 Å². The van der Waals surface area contributed by atoms with Crippen molar-refractivity contribution in [3.63, 3.8) is 0 Å². The van der Waals surface area contributed by atoms with Crippen LogP contribution in [0.2, 0.25) is 0 Å². The summed E-state index contributed by atoms with van der Waals surface area (Å²) in [6.07, 6.45) is 4.43. The fourth-order valence-corrected chi connectivity index (χ4v) is 4.57. The van der Waals surface area contributed by atoms with Gasteiger partial charge in [-0.3, -0.25) is 14.7 Å². The minimum absolute atomic E-state index is 0.153. The highest BCUT2D eigenvalue weighted by Crippen LogP contribution is 2.29. The van der Waals surface area contributed by atoms with Crippen LogP contribution in [-0.4, -0.2) is 32.1 Å². The van der Waals surface area contributed by atoms with Crippen molar-refractivity contribution >= 4 is 16.8 Å². The molecule has 0 unspecified atom stereocenters. The maximum absolute atomic E-state index is 13.3. The van der Waals surface area contributed by atoms with E-state index in [0.29, 0.717) is 24.4 Å². The molecule has 1 atom stereocenters. The molecule has 2 aromatic heterocycles. The number of pyridine rings is 1. The van der Waals surface area contributed by atoms with Crippen LogP contribution in [0.25, 0.3) is 10.9 Å². The Balaban J connectivity index is 1.53. The number of aromatic nitrogens is 3. The zero-order valence-electron chi connectivity index (χ0n) is 16.3. The van der Waals surface area contributed by atoms with Gasteiger partial charge in [0.2, 0.25) is 5.43 Å². The maximum Gasteiger partial charge on any atom is 0.259 e. The number of H-pyrrole nitrogens is 1. The Morgan fingerprint density at radius 3 is 2.96 bits per heavy atom. The van der Waals surface area contributed by atoms with Crippen LogP contribution < -0.4 is 5.43 Å². The van der Waals surface area contributed by atoms with E-state index in [1.54, 1.807) is 11.1 Å². The topological polar surface area (TPSA) is 71.0 Å². The molecule has 4 heterocycles. The molecule has 3 aromatic rings. The fraction of sp³-hybridized carbons (Fsp3) is 0.409. The number of fused-ring (bicyclic) bond motifs is 1. The number of carbonyl (C=O) groups is 1. The van der Waals surface area contributed by atoms with Gasteiger partial charge in [-0.05, 0) is 24.5 Å². The maximum atomic E-state index is 13.3. The zero-order valence-corrected chi connectivity index (χ0v) is 16.3. The SMILES string of the molecule is CC[C@H](C)c1n[nH]c2c1CN(C(=O)c1cn3c4c(cccc4c1=O)CC3)CC2. The molecule has 0 radical (unpaired) electrons. The number of para-hydroxylation sites is 1. The Hall–Kier alpha value is -2.89. The van der Waals surface area contributed by atoms with Gasteiger partial charge in [-0.25, -0.2) is 0 Å². The lowest BCUT2D eigenvalue weighted by molar-refractivity contribution is 0.0731. The average molecular weight is 376 g/mol. The molecule has 0 fully saturated rings. The quantitative estimate of drug-likeness (QED) is 0.764. The van der Waals surface area contributed by atoms with Crippen LogP contribution in [0.5, 0.6) is 0 Å². The first kappa shape index (κ1) is 17.2. The van der Waals surface area contributed by atoms with Gasteiger partial charge in [-0.1, -0.05) is 26.0 Å². The fourth-order valence-electron chi connectivity index (χ4n) is 4.57. The molecule has 0 saturated carbocycles. The highest BCUT2D eigenvalue weighted by Gasteiger charge is 2.29. The smallest absolute Gasteiger partial charge is 0.259 e. The molecule has 0 spiro atoms. The average Bonchev–Trinajstić information content (AvgIpc) is 3.34. The monoisotopic (exact) mass is 376 g/mol. The van der Waals surface area contributed by atoms with Gasteiger partial charge in [-0.2, -0.15) is 5.10 Å². The molecule has 144 valence electrons. The molecule has 6 heteroatoms. The molecular weight excluding hydrogens is 352 g/mol. The first-order valence-electron chi connectivity index (χ1n) is 10.1. The van der Waals surface area contributed by atoms with Gasteiger partial charge in [0.05, 0.1) is 11.2 Å². The molecule has 5 rings (SSSR count). The number of rotatable bonds is 3. The lowest BCUT2D eigenvalue weighted by atomic mass is 9.96. The second-order valence-electron chi connectivity index (χ2n) is 7.98. The van der Waals surface area contributed by atoms with Crippen LogP contribution in [0.15, 0.2) is 29.2 Å². The summed E-state index contributed by atoms with van der Waals surface area (Å²) >= 11 is 0. The van der Waals surface area contributed by atoms with E-state index in [1.165, 1.54) is 5.56 Å². The molecule has 1 aromatic carbocycles. The Kier molecular flexibility index (Phi) is 3.89. The van der Waals surface area contributed by atoms with Gasteiger partial charge in [0.25, 0.3) is 5.91 Å². The number of nitrogens with zero attached hydrogens (tertiary/aromatic N) is 3. The third-order valence-corrected chi connectivity index (χ3v) is 6.37. The summed E-state index contributed by atoms with van der Waals surface area (Å²) in [5.41, 5.74) is 5.60. The minimum Gasteiger partial charge on any atom is -0.346 e. The molecule has 1 amide bonds. The van der Waals surface area contributed by atoms with Crippen molar-refractivity contribution in [1.29, 1.82) is 0 Å². The molecule has 1 N–H and O–H groups in total. The van der Waals surface area contributed by atoms with E-state index in [-0.39, 0.29) is 16.9 Å². The van der Waals surface area contributed by atoms with Crippen molar-refractivity contribution in [3.8, 4) is 0 Å². The summed E-state index contributed by atoms with van der Waals surface area (Å²) in [6, 6.07) is 5.82. The molecule has 0 saturated heterocycles. The highest BCUT2D eigenvalue weighted by molar-refractivity contribution is 5.98. The first-order valence-corrected chi connectivity index (χ1v) is 10.1. The van der Waals surface area contributed by atoms with Crippen LogP contribution in [-0.2, 0) is 25.9 Å². The van der Waals surface area contributed by atoms with Crippen LogP contribution in [0, 0.1) is 0 Å². The van der Waals surface area contributed by atoms with Crippen LogP contribution in [0.1, 0.15) is 59.1 Å². The van der Waals surface area contributed by atoms with E-state index in [0.717, 1.165) is 48.3 Å². The highest BCUT2D eigenvalue weighted by atomic mass is 16.2. The summed E-state index contributed by atoms with van der Waals surface area (Å²) < 4.78 is 2.07. The molecular formula is C22H24N4O2. The summed E-state index contributed by atoms with van der Waals surface area (Å²) in [5.74, 6) is 0.176. The predicted octanol–water partition coefficient (Wildman–Crippen LogP) is 2.99. The third-order valence-electron chi connectivity index (χ3n) is 6.37. The first-order chi connectivity index (χ1) is 13.6. The Morgan fingerprint density at radius 1 is 1.29 bits per heavy atom. The van der Waals surface area contributed by atoms with Gasteiger partial charge < -0.3 is 9.47 Å². The van der Waals surface area contributed by atoms with Gasteiger partial charge in [0.15, 0.2) is 0 Å². The van der Waals surface area contributed by atoms with Gasteiger partial charge in [0.1, 0.15) is 5.56 Å². The van der Waals surface area contributed by atoms with Gasteiger partial charge >= 0.3 is 0 Å². The van der Waals surface area contributed by atoms with Crippen LogP contribution in [0.4, 0.5) is 0 Å². The summed E-state index contributed by atoms with van der Waals surface area (Å²) in [5, 5.41) is 8.30. The Morgan fingerprint density at radius 2 is 2.14 bits per heavy atom. The molecule has 0 bridgehead atoms. The van der Waals surface area contributed by atoms with E-state index < -0.39 is 0 Å². The number of amides is 1. The van der Waals surface area contributed by atoms with Crippen LogP contribution >= 0.6 is 0 Å². The van der Waals surface area contributed by atoms with E-state index in [9.17, 15) is 9.59 Å². The largest absolute Gasteiger partial charge is 0.346 e. The lowest BCUT2D eigenvalue weighted by Gasteiger charge is -2.28. The number of hydrogen-bond donors (Lipinski definition) is 1. The summed E-state index contributed by atoms with van der Waals surface area (Å²) in [4.78, 5) is 28.2. The van der Waals surface area contributed by atoms with Crippen LogP contribution in [0.3, 0.4) is 0 Å². The van der Waals surface area contributed by atoms with E-state index in [4.69, 9.17) is 0 Å². The lowest BCUT2D eigenvalue weighted by Crippen LogP contribution is -2.38. The number of carbonyl (C=O) groups excluding carboxylic acids is 1. The number of benzene rings is 1. The summed E-state index contributed by atoms with van der Waals surface area (Å²) in [6.45, 7) is 6.24. The van der Waals surface area contributed by atoms with Crippen molar-refractivity contribution in [1.82, 2.24) is 19.7 Å². The zero-order chi connectivity index (χ0) is 19.4. The number of aryl methyl sites for hydroxylation is 2. The molecule has 6 nitrogen and oxygen atoms in total. The van der Waals surface area contributed by atoms with Crippen molar-refractivity contribution in [2.45, 2.75) is 52.1 Å². The normalized spacial score (nSPS) is 16.4. The number of aromatic amines is 1. The standard InChI is InChI=1S/C22H24N4O2/c1-3-13(2)19-16-11-26(10-8-18(16)23-24-19)22(28)17-12-25-9-7-14-5-4-6-15(20(14)25)21(17)27/h4-6,12-13H,3,7-11H2,1-2H3,(H,23,24)/t13-/m0/s1. The molecule has 28 heavy (non-hydrogen) atoms. The minimum atomic E-state index is -0.171. The van der Waals surface area contributed by atoms with Gasteiger partial charge in [0, 0.05) is 54.8 Å². The van der Waals surface area contributed by atoms with Crippen molar-refractivity contribution in [2.24, 2.45) is 0 Å². The Labute approximate surface area is 163 Å². The molecule has 2 aliphatic heterocycles. The van der Waals surface area contributed by atoms with Crippen molar-refractivity contribution in [3.05, 3.63) is 62.7 Å². The van der Waals surface area contributed by atoms with Crippen molar-refractivity contribution < 1.29 is 4.79 Å². The number of nitrogens with one attached hydrogen (secondary N) is 1. The summed E-state index contributed by atoms with van der Waals surface area (Å²) in [7, 11) is 0. The van der Waals surface area contributed by atoms with Crippen molar-refractivity contribution in [2.75, 3.05) is 6.54 Å². The van der Waals surface area contributed by atoms with Gasteiger partial charge in [-0.15, -0.1) is 0 Å².